The second-order valence-electron chi connectivity index (χ2n) is 4.40. The zero-order valence-electron chi connectivity index (χ0n) is 9.96. The first-order chi connectivity index (χ1) is 8.08. The number of nitrogens with one attached hydrogen (secondary N) is 2. The molecular weight excluding hydrogens is 282 g/mol. The molecule has 0 aliphatic carbocycles. The van der Waals surface area contributed by atoms with Gasteiger partial charge in [0.05, 0.1) is 17.3 Å². The van der Waals surface area contributed by atoms with E-state index < -0.39 is 0 Å². The van der Waals surface area contributed by atoms with Gasteiger partial charge in [0.15, 0.2) is 0 Å². The third-order valence-corrected chi connectivity index (χ3v) is 3.34. The summed E-state index contributed by atoms with van der Waals surface area (Å²) in [6.07, 6.45) is 0. The third kappa shape index (κ3) is 2.79. The molecule has 1 aromatic carbocycles. The number of halogens is 1. The van der Waals surface area contributed by atoms with Gasteiger partial charge in [0, 0.05) is 31.7 Å². The molecule has 1 aliphatic heterocycles. The Balaban J connectivity index is 2.17. The summed E-state index contributed by atoms with van der Waals surface area (Å²) >= 11 is 3.42. The Bertz CT molecular complexity index is 430. The number of nitrogens with zero attached hydrogens (tertiary/aromatic N) is 1. The van der Waals surface area contributed by atoms with Gasteiger partial charge in [-0.3, -0.25) is 4.79 Å². The van der Waals surface area contributed by atoms with E-state index in [9.17, 15) is 4.79 Å². The minimum Gasteiger partial charge on any atom is -0.376 e. The Morgan fingerprint density at radius 2 is 2.18 bits per heavy atom. The average Bonchev–Trinajstić information content (AvgIpc) is 2.13. The molecule has 1 fully saturated rings. The van der Waals surface area contributed by atoms with Gasteiger partial charge in [-0.25, -0.2) is 0 Å². The molecule has 0 radical (unpaired) electrons. The molecule has 5 heteroatoms. The lowest BCUT2D eigenvalue weighted by Crippen LogP contribution is -2.48. The quantitative estimate of drug-likeness (QED) is 0.892. The first-order valence-corrected chi connectivity index (χ1v) is 6.35. The fourth-order valence-electron chi connectivity index (χ4n) is 1.71. The Hall–Kier alpha value is -1.07. The zero-order valence-corrected chi connectivity index (χ0v) is 11.5. The molecular formula is C12H16BrN3O. The van der Waals surface area contributed by atoms with E-state index in [1.807, 2.05) is 37.2 Å². The van der Waals surface area contributed by atoms with Gasteiger partial charge in [-0.2, -0.15) is 0 Å². The number of anilines is 2. The standard InChI is InChI=1S/C12H16BrN3O/c1-16(2)11-4-3-9(13)5-10(11)15-12(17)8-6-14-7-8/h3-5,8,14H,6-7H2,1-2H3,(H,15,17). The Morgan fingerprint density at radius 3 is 2.71 bits per heavy atom. The number of carbonyl (C=O) groups excluding carboxylic acids is 1. The van der Waals surface area contributed by atoms with E-state index in [1.165, 1.54) is 0 Å². The van der Waals surface area contributed by atoms with Gasteiger partial charge in [0.2, 0.25) is 5.91 Å². The molecule has 0 bridgehead atoms. The predicted octanol–water partition coefficient (Wildman–Crippen LogP) is 1.67. The van der Waals surface area contributed by atoms with Crippen LogP contribution in [0.4, 0.5) is 11.4 Å². The summed E-state index contributed by atoms with van der Waals surface area (Å²) in [6, 6.07) is 5.88. The van der Waals surface area contributed by atoms with Crippen molar-refractivity contribution in [2.75, 3.05) is 37.4 Å². The van der Waals surface area contributed by atoms with Crippen molar-refractivity contribution < 1.29 is 4.79 Å². The molecule has 2 rings (SSSR count). The lowest BCUT2D eigenvalue weighted by Gasteiger charge is -2.27. The van der Waals surface area contributed by atoms with E-state index in [4.69, 9.17) is 0 Å². The van der Waals surface area contributed by atoms with Crippen LogP contribution in [-0.4, -0.2) is 33.1 Å². The summed E-state index contributed by atoms with van der Waals surface area (Å²) < 4.78 is 0.963. The Morgan fingerprint density at radius 1 is 1.47 bits per heavy atom. The molecule has 0 aromatic heterocycles. The van der Waals surface area contributed by atoms with Crippen LogP contribution in [0.15, 0.2) is 22.7 Å². The minimum atomic E-state index is 0.0879. The molecule has 1 aliphatic rings. The molecule has 92 valence electrons. The zero-order chi connectivity index (χ0) is 12.4. The van der Waals surface area contributed by atoms with E-state index in [2.05, 4.69) is 26.6 Å². The summed E-state index contributed by atoms with van der Waals surface area (Å²) in [5, 5.41) is 6.08. The number of hydrogen-bond donors (Lipinski definition) is 2. The lowest BCUT2D eigenvalue weighted by molar-refractivity contribution is -0.121. The van der Waals surface area contributed by atoms with Crippen molar-refractivity contribution in [3.05, 3.63) is 22.7 Å². The number of rotatable bonds is 3. The molecule has 0 unspecified atom stereocenters. The van der Waals surface area contributed by atoms with Crippen molar-refractivity contribution in [3.8, 4) is 0 Å². The smallest absolute Gasteiger partial charge is 0.230 e. The number of benzene rings is 1. The van der Waals surface area contributed by atoms with Gasteiger partial charge in [0.25, 0.3) is 0 Å². The molecule has 1 saturated heterocycles. The van der Waals surface area contributed by atoms with Crippen LogP contribution < -0.4 is 15.5 Å². The number of carbonyl (C=O) groups is 1. The number of hydrogen-bond acceptors (Lipinski definition) is 3. The number of amides is 1. The summed E-state index contributed by atoms with van der Waals surface area (Å²) in [5.41, 5.74) is 1.86. The normalized spacial score (nSPS) is 15.2. The van der Waals surface area contributed by atoms with Gasteiger partial charge in [-0.1, -0.05) is 15.9 Å². The topological polar surface area (TPSA) is 44.4 Å². The van der Waals surface area contributed by atoms with Gasteiger partial charge in [-0.05, 0) is 18.2 Å². The van der Waals surface area contributed by atoms with Crippen molar-refractivity contribution in [1.29, 1.82) is 0 Å². The van der Waals surface area contributed by atoms with Crippen LogP contribution in [0.3, 0.4) is 0 Å². The fourth-order valence-corrected chi connectivity index (χ4v) is 2.07. The van der Waals surface area contributed by atoms with Crippen molar-refractivity contribution in [2.24, 2.45) is 5.92 Å². The molecule has 4 nitrogen and oxygen atoms in total. The highest BCUT2D eigenvalue weighted by Crippen LogP contribution is 2.28. The van der Waals surface area contributed by atoms with E-state index in [0.29, 0.717) is 0 Å². The summed E-state index contributed by atoms with van der Waals surface area (Å²) in [5.74, 6) is 0.189. The average molecular weight is 298 g/mol. The molecule has 1 amide bonds. The molecule has 1 heterocycles. The van der Waals surface area contributed by atoms with Crippen molar-refractivity contribution in [3.63, 3.8) is 0 Å². The van der Waals surface area contributed by atoms with Gasteiger partial charge < -0.3 is 15.5 Å². The van der Waals surface area contributed by atoms with Crippen LogP contribution in [0.2, 0.25) is 0 Å². The Labute approximate surface area is 110 Å². The minimum absolute atomic E-state index is 0.0879. The monoisotopic (exact) mass is 297 g/mol. The Kier molecular flexibility index (Phi) is 3.69. The molecule has 1 aromatic rings. The van der Waals surface area contributed by atoms with E-state index >= 15 is 0 Å². The van der Waals surface area contributed by atoms with Crippen molar-refractivity contribution in [2.45, 2.75) is 0 Å². The summed E-state index contributed by atoms with van der Waals surface area (Å²) in [6.45, 7) is 1.55. The third-order valence-electron chi connectivity index (χ3n) is 2.85. The van der Waals surface area contributed by atoms with Gasteiger partial charge in [-0.15, -0.1) is 0 Å². The molecule has 17 heavy (non-hydrogen) atoms. The van der Waals surface area contributed by atoms with Crippen LogP contribution in [0, 0.1) is 5.92 Å². The lowest BCUT2D eigenvalue weighted by atomic mass is 10.0. The van der Waals surface area contributed by atoms with Crippen LogP contribution in [-0.2, 0) is 4.79 Å². The maximum atomic E-state index is 11.9. The molecule has 0 atom stereocenters. The maximum Gasteiger partial charge on any atom is 0.230 e. The second-order valence-corrected chi connectivity index (χ2v) is 5.32. The second kappa shape index (κ2) is 5.06. The fraction of sp³-hybridized carbons (Fsp3) is 0.417. The van der Waals surface area contributed by atoms with Crippen LogP contribution in [0.25, 0.3) is 0 Å². The van der Waals surface area contributed by atoms with E-state index in [1.54, 1.807) is 0 Å². The van der Waals surface area contributed by atoms with Gasteiger partial charge in [0.1, 0.15) is 0 Å². The van der Waals surface area contributed by atoms with Crippen LogP contribution >= 0.6 is 15.9 Å². The predicted molar refractivity (Wildman–Crippen MR) is 73.5 cm³/mol. The first kappa shape index (κ1) is 12.4. The van der Waals surface area contributed by atoms with Crippen LogP contribution in [0.5, 0.6) is 0 Å². The summed E-state index contributed by atoms with van der Waals surface area (Å²) in [4.78, 5) is 13.9. The molecule has 0 spiro atoms. The summed E-state index contributed by atoms with van der Waals surface area (Å²) in [7, 11) is 3.92. The van der Waals surface area contributed by atoms with Crippen LogP contribution in [0.1, 0.15) is 0 Å². The maximum absolute atomic E-state index is 11.9. The van der Waals surface area contributed by atoms with E-state index in [0.717, 1.165) is 28.9 Å². The van der Waals surface area contributed by atoms with Gasteiger partial charge >= 0.3 is 0 Å². The highest BCUT2D eigenvalue weighted by atomic mass is 79.9. The SMILES string of the molecule is CN(C)c1ccc(Br)cc1NC(=O)C1CNC1. The highest BCUT2D eigenvalue weighted by molar-refractivity contribution is 9.10. The van der Waals surface area contributed by atoms with Crippen molar-refractivity contribution >= 4 is 33.2 Å². The highest BCUT2D eigenvalue weighted by Gasteiger charge is 2.25. The first-order valence-electron chi connectivity index (χ1n) is 5.56. The van der Waals surface area contributed by atoms with E-state index in [-0.39, 0.29) is 11.8 Å². The molecule has 2 N–H and O–H groups in total. The largest absolute Gasteiger partial charge is 0.376 e. The van der Waals surface area contributed by atoms with Crippen molar-refractivity contribution in [1.82, 2.24) is 5.32 Å². The molecule has 0 saturated carbocycles.